The Morgan fingerprint density at radius 2 is 1.83 bits per heavy atom. The minimum atomic E-state index is -0.438. The quantitative estimate of drug-likeness (QED) is 0.251. The first-order valence-corrected chi connectivity index (χ1v) is 6.53. The smallest absolute Gasteiger partial charge is 0.269 e. The molecular weight excluding hydrogens is 411 g/mol. The number of nitro benzene ring substituents is 1. The maximum Gasteiger partial charge on any atom is 0.269 e. The second-order valence-corrected chi connectivity index (χ2v) is 4.48. The number of nitro groups is 1. The van der Waals surface area contributed by atoms with Gasteiger partial charge in [-0.3, -0.25) is 10.1 Å². The Labute approximate surface area is 150 Å². The average Bonchev–Trinajstić information content (AvgIpc) is 2.54. The molecule has 0 bridgehead atoms. The van der Waals surface area contributed by atoms with Gasteiger partial charge >= 0.3 is 0 Å². The highest BCUT2D eigenvalue weighted by atomic mass is 127. The third-order valence-corrected chi connectivity index (χ3v) is 2.94. The summed E-state index contributed by atoms with van der Waals surface area (Å²) in [6.45, 7) is 0.340. The van der Waals surface area contributed by atoms with Gasteiger partial charge < -0.3 is 15.8 Å². The molecule has 3 N–H and O–H groups in total. The van der Waals surface area contributed by atoms with Crippen LogP contribution in [0.2, 0.25) is 0 Å². The molecule has 23 heavy (non-hydrogen) atoms. The van der Waals surface area contributed by atoms with E-state index in [0.717, 1.165) is 17.0 Å². The highest BCUT2D eigenvalue weighted by Gasteiger charge is 2.03. The largest absolute Gasteiger partial charge is 0.497 e. The van der Waals surface area contributed by atoms with E-state index in [1.54, 1.807) is 19.2 Å². The van der Waals surface area contributed by atoms with Crippen LogP contribution < -0.4 is 15.8 Å². The number of methoxy groups -OCH3 is 1. The fraction of sp³-hybridized carbons (Fsp3) is 0.133. The second-order valence-electron chi connectivity index (χ2n) is 4.48. The molecular formula is C15H17IN4O3. The van der Waals surface area contributed by atoms with Gasteiger partial charge in [-0.1, -0.05) is 12.1 Å². The van der Waals surface area contributed by atoms with Crippen LogP contribution in [-0.4, -0.2) is 18.0 Å². The summed E-state index contributed by atoms with van der Waals surface area (Å²) in [5.41, 5.74) is 7.49. The van der Waals surface area contributed by atoms with Crippen LogP contribution in [0.5, 0.6) is 5.75 Å². The van der Waals surface area contributed by atoms with Crippen molar-refractivity contribution in [2.45, 2.75) is 6.54 Å². The lowest BCUT2D eigenvalue weighted by Crippen LogP contribution is -2.22. The lowest BCUT2D eigenvalue weighted by atomic mass is 10.2. The maximum absolute atomic E-state index is 10.6. The number of anilines is 1. The van der Waals surface area contributed by atoms with Gasteiger partial charge in [-0.25, -0.2) is 4.99 Å². The van der Waals surface area contributed by atoms with Gasteiger partial charge in [-0.05, 0) is 29.8 Å². The number of nitrogens with one attached hydrogen (secondary N) is 1. The van der Waals surface area contributed by atoms with Crippen molar-refractivity contribution in [1.29, 1.82) is 0 Å². The molecule has 0 spiro atoms. The monoisotopic (exact) mass is 428 g/mol. The van der Waals surface area contributed by atoms with Crippen LogP contribution >= 0.6 is 24.0 Å². The number of hydrogen-bond donors (Lipinski definition) is 2. The third-order valence-electron chi connectivity index (χ3n) is 2.94. The first kappa shape index (κ1) is 18.7. The first-order valence-electron chi connectivity index (χ1n) is 6.53. The van der Waals surface area contributed by atoms with Crippen LogP contribution in [0, 0.1) is 10.1 Å². The predicted octanol–water partition coefficient (Wildman–Crippen LogP) is 3.15. The van der Waals surface area contributed by atoms with Crippen molar-refractivity contribution in [1.82, 2.24) is 0 Å². The number of non-ortho nitro benzene ring substituents is 1. The van der Waals surface area contributed by atoms with E-state index in [9.17, 15) is 10.1 Å². The zero-order valence-electron chi connectivity index (χ0n) is 12.4. The van der Waals surface area contributed by atoms with E-state index >= 15 is 0 Å². The van der Waals surface area contributed by atoms with Crippen molar-refractivity contribution in [3.05, 3.63) is 64.2 Å². The van der Waals surface area contributed by atoms with E-state index in [-0.39, 0.29) is 35.6 Å². The molecule has 7 nitrogen and oxygen atoms in total. The molecule has 2 aromatic rings. The molecule has 0 saturated carbocycles. The lowest BCUT2D eigenvalue weighted by molar-refractivity contribution is -0.384. The van der Waals surface area contributed by atoms with Crippen molar-refractivity contribution in [2.24, 2.45) is 10.7 Å². The van der Waals surface area contributed by atoms with Crippen LogP contribution in [0.15, 0.2) is 53.5 Å². The van der Waals surface area contributed by atoms with E-state index in [0.29, 0.717) is 6.54 Å². The Kier molecular flexibility index (Phi) is 7.26. The number of guanidine groups is 1. The number of halogens is 1. The van der Waals surface area contributed by atoms with Crippen molar-refractivity contribution in [3.63, 3.8) is 0 Å². The van der Waals surface area contributed by atoms with E-state index in [4.69, 9.17) is 10.5 Å². The summed E-state index contributed by atoms with van der Waals surface area (Å²) in [4.78, 5) is 14.3. The van der Waals surface area contributed by atoms with Gasteiger partial charge in [0.05, 0.1) is 18.6 Å². The van der Waals surface area contributed by atoms with Gasteiger partial charge in [0.25, 0.3) is 5.69 Å². The molecule has 0 amide bonds. The van der Waals surface area contributed by atoms with Gasteiger partial charge in [0.1, 0.15) is 5.75 Å². The summed E-state index contributed by atoms with van der Waals surface area (Å²) in [5.74, 6) is 1.02. The number of nitrogens with zero attached hydrogens (tertiary/aromatic N) is 2. The SMILES string of the molecule is COc1ccc(NC(N)=NCc2ccc([N+](=O)[O-])cc2)cc1.I. The topological polar surface area (TPSA) is 103 Å². The average molecular weight is 428 g/mol. The zero-order chi connectivity index (χ0) is 15.9. The number of rotatable bonds is 5. The van der Waals surface area contributed by atoms with E-state index in [2.05, 4.69) is 10.3 Å². The molecule has 0 aliphatic heterocycles. The van der Waals surface area contributed by atoms with Gasteiger partial charge in [-0.2, -0.15) is 0 Å². The molecule has 0 radical (unpaired) electrons. The molecule has 0 fully saturated rings. The molecule has 0 aliphatic rings. The molecule has 0 aromatic heterocycles. The van der Waals surface area contributed by atoms with Gasteiger partial charge in [0.15, 0.2) is 5.96 Å². The Morgan fingerprint density at radius 3 is 2.35 bits per heavy atom. The molecule has 0 atom stereocenters. The summed E-state index contributed by atoms with van der Waals surface area (Å²) in [6.07, 6.45) is 0. The normalized spacial score (nSPS) is 10.6. The molecule has 122 valence electrons. The van der Waals surface area contributed by atoms with Gasteiger partial charge in [0, 0.05) is 17.8 Å². The van der Waals surface area contributed by atoms with E-state index in [1.165, 1.54) is 12.1 Å². The third kappa shape index (κ3) is 5.74. The maximum atomic E-state index is 10.6. The number of benzene rings is 2. The molecule has 0 aliphatic carbocycles. The van der Waals surface area contributed by atoms with E-state index in [1.807, 2.05) is 24.3 Å². The number of hydrogen-bond acceptors (Lipinski definition) is 4. The van der Waals surface area contributed by atoms with Gasteiger partial charge in [-0.15, -0.1) is 24.0 Å². The van der Waals surface area contributed by atoms with Crippen LogP contribution in [0.4, 0.5) is 11.4 Å². The lowest BCUT2D eigenvalue weighted by Gasteiger charge is -2.06. The minimum Gasteiger partial charge on any atom is -0.497 e. The fourth-order valence-corrected chi connectivity index (χ4v) is 1.76. The first-order chi connectivity index (χ1) is 10.6. The molecule has 8 heteroatoms. The molecule has 0 heterocycles. The number of nitrogens with two attached hydrogens (primary N) is 1. The van der Waals surface area contributed by atoms with Crippen molar-refractivity contribution in [2.75, 3.05) is 12.4 Å². The van der Waals surface area contributed by atoms with Crippen molar-refractivity contribution < 1.29 is 9.66 Å². The number of ether oxygens (including phenoxy) is 1. The minimum absolute atomic E-state index is 0. The van der Waals surface area contributed by atoms with Crippen molar-refractivity contribution in [3.8, 4) is 5.75 Å². The Hall–Kier alpha value is -2.36. The van der Waals surface area contributed by atoms with Crippen LogP contribution in [0.25, 0.3) is 0 Å². The molecule has 0 saturated heterocycles. The summed E-state index contributed by atoms with van der Waals surface area (Å²) in [5, 5.41) is 13.5. The predicted molar refractivity (Wildman–Crippen MR) is 100 cm³/mol. The Morgan fingerprint density at radius 1 is 1.22 bits per heavy atom. The fourth-order valence-electron chi connectivity index (χ4n) is 1.76. The molecule has 2 aromatic carbocycles. The highest BCUT2D eigenvalue weighted by molar-refractivity contribution is 14.0. The van der Waals surface area contributed by atoms with Crippen LogP contribution in [0.3, 0.4) is 0 Å². The number of aliphatic imine (C=N–C) groups is 1. The standard InChI is InChI=1S/C15H16N4O3.HI/c1-22-14-8-4-12(5-9-14)18-15(16)17-10-11-2-6-13(7-3-11)19(20)21;/h2-9H,10H2,1H3,(H3,16,17,18);1H. The van der Waals surface area contributed by atoms with Crippen molar-refractivity contribution >= 4 is 41.3 Å². The second kappa shape index (κ2) is 8.93. The van der Waals surface area contributed by atoms with Crippen LogP contribution in [0.1, 0.15) is 5.56 Å². The van der Waals surface area contributed by atoms with Gasteiger partial charge in [0.2, 0.25) is 0 Å². The Balaban J connectivity index is 0.00000264. The highest BCUT2D eigenvalue weighted by Crippen LogP contribution is 2.15. The molecule has 0 unspecified atom stereocenters. The zero-order valence-corrected chi connectivity index (χ0v) is 14.8. The molecule has 2 rings (SSSR count). The van der Waals surface area contributed by atoms with E-state index < -0.39 is 4.92 Å². The van der Waals surface area contributed by atoms with Crippen LogP contribution in [-0.2, 0) is 6.54 Å². The summed E-state index contributed by atoms with van der Waals surface area (Å²) in [7, 11) is 1.60. The summed E-state index contributed by atoms with van der Waals surface area (Å²) in [6, 6.07) is 13.5. The summed E-state index contributed by atoms with van der Waals surface area (Å²) >= 11 is 0. The summed E-state index contributed by atoms with van der Waals surface area (Å²) < 4.78 is 5.07. The Bertz CT molecular complexity index is 672.